The Bertz CT molecular complexity index is 1260. The number of aromatic nitrogens is 3. The number of hydrogen-bond acceptors (Lipinski definition) is 7. The van der Waals surface area contributed by atoms with Gasteiger partial charge >= 0.3 is 0 Å². The summed E-state index contributed by atoms with van der Waals surface area (Å²) in [5.74, 6) is 2.34. The molecule has 0 aliphatic rings. The Morgan fingerprint density at radius 3 is 2.52 bits per heavy atom. The van der Waals surface area contributed by atoms with E-state index >= 15 is 0 Å². The van der Waals surface area contributed by atoms with Crippen LogP contribution in [-0.2, 0) is 22.3 Å². The van der Waals surface area contributed by atoms with Crippen LogP contribution in [0.2, 0.25) is 5.02 Å². The summed E-state index contributed by atoms with van der Waals surface area (Å²) in [7, 11) is -0.696. The van der Waals surface area contributed by atoms with E-state index in [1.807, 2.05) is 28.8 Å². The third-order valence-corrected chi connectivity index (χ3v) is 7.36. The Kier molecular flexibility index (Phi) is 6.24. The molecule has 3 aromatic heterocycles. The van der Waals surface area contributed by atoms with Gasteiger partial charge < -0.3 is 8.83 Å². The van der Waals surface area contributed by atoms with Gasteiger partial charge in [0.2, 0.25) is 5.09 Å². The Balaban J connectivity index is 1.60. The highest BCUT2D eigenvalue weighted by Crippen LogP contribution is 2.29. The molecule has 0 aliphatic carbocycles. The van der Waals surface area contributed by atoms with Crippen LogP contribution in [-0.4, -0.2) is 41.6 Å². The maximum Gasteiger partial charge on any atom is 0.275 e. The summed E-state index contributed by atoms with van der Waals surface area (Å²) in [6.45, 7) is 0.443. The lowest BCUT2D eigenvalue weighted by Gasteiger charge is -2.09. The van der Waals surface area contributed by atoms with E-state index in [2.05, 4.69) is 10.2 Å². The first-order valence-corrected chi connectivity index (χ1v) is 12.0. The molecule has 31 heavy (non-hydrogen) atoms. The van der Waals surface area contributed by atoms with Crippen molar-refractivity contribution in [2.24, 2.45) is 0 Å². The lowest BCUT2D eigenvalue weighted by Crippen LogP contribution is -2.21. The molecule has 0 saturated heterocycles. The lowest BCUT2D eigenvalue weighted by molar-refractivity contribution is 0.408. The number of benzene rings is 1. The molecule has 0 atom stereocenters. The molecule has 0 spiro atoms. The van der Waals surface area contributed by atoms with Crippen molar-refractivity contribution in [3.63, 3.8) is 0 Å². The van der Waals surface area contributed by atoms with Crippen LogP contribution in [0.5, 0.6) is 0 Å². The largest absolute Gasteiger partial charge is 0.467 e. The third kappa shape index (κ3) is 4.72. The van der Waals surface area contributed by atoms with E-state index < -0.39 is 10.0 Å². The zero-order chi connectivity index (χ0) is 22.0. The minimum atomic E-state index is -3.62. The van der Waals surface area contributed by atoms with Crippen LogP contribution in [0.3, 0.4) is 0 Å². The van der Waals surface area contributed by atoms with Crippen LogP contribution in [0.15, 0.2) is 73.9 Å². The predicted octanol–water partition coefficient (Wildman–Crippen LogP) is 4.38. The average Bonchev–Trinajstić information content (AvgIpc) is 3.49. The van der Waals surface area contributed by atoms with Crippen molar-refractivity contribution in [2.75, 3.05) is 14.1 Å². The summed E-state index contributed by atoms with van der Waals surface area (Å²) < 4.78 is 38.5. The second-order valence-electron chi connectivity index (χ2n) is 6.78. The van der Waals surface area contributed by atoms with Crippen LogP contribution >= 0.6 is 23.4 Å². The molecular formula is C20H19ClN4O4S2. The number of halogens is 1. The van der Waals surface area contributed by atoms with Gasteiger partial charge in [0, 0.05) is 24.7 Å². The molecule has 0 N–H and O–H groups in total. The van der Waals surface area contributed by atoms with Gasteiger partial charge in [0.25, 0.3) is 10.0 Å². The predicted molar refractivity (Wildman–Crippen MR) is 117 cm³/mol. The zero-order valence-corrected chi connectivity index (χ0v) is 19.1. The van der Waals surface area contributed by atoms with Crippen molar-refractivity contribution in [1.82, 2.24) is 19.1 Å². The van der Waals surface area contributed by atoms with Gasteiger partial charge in [-0.05, 0) is 48.5 Å². The SMILES string of the molecule is CN(C)S(=O)(=O)c1ccc(CSc2nnc(-c3ccc(Cl)cc3)n2Cc2ccco2)o1. The second kappa shape index (κ2) is 8.91. The van der Waals surface area contributed by atoms with E-state index in [0.717, 1.165) is 15.6 Å². The molecule has 0 saturated carbocycles. The third-order valence-electron chi connectivity index (χ3n) is 4.43. The van der Waals surface area contributed by atoms with Crippen LogP contribution in [0.4, 0.5) is 0 Å². The van der Waals surface area contributed by atoms with Crippen molar-refractivity contribution in [3.05, 3.63) is 71.3 Å². The molecule has 0 amide bonds. The van der Waals surface area contributed by atoms with Crippen molar-refractivity contribution in [1.29, 1.82) is 0 Å². The van der Waals surface area contributed by atoms with Gasteiger partial charge in [0.1, 0.15) is 11.5 Å². The van der Waals surface area contributed by atoms with E-state index in [0.29, 0.717) is 34.1 Å². The van der Waals surface area contributed by atoms with Gasteiger partial charge in [0.05, 0.1) is 18.6 Å². The summed E-state index contributed by atoms with van der Waals surface area (Å²) in [6, 6.07) is 14.2. The van der Waals surface area contributed by atoms with Gasteiger partial charge in [-0.3, -0.25) is 4.57 Å². The minimum absolute atomic E-state index is 0.0907. The Morgan fingerprint density at radius 1 is 1.06 bits per heavy atom. The fourth-order valence-electron chi connectivity index (χ4n) is 2.80. The van der Waals surface area contributed by atoms with Gasteiger partial charge in [-0.25, -0.2) is 12.7 Å². The Morgan fingerprint density at radius 2 is 1.84 bits per heavy atom. The molecular weight excluding hydrogens is 460 g/mol. The summed E-state index contributed by atoms with van der Waals surface area (Å²) >= 11 is 7.40. The second-order valence-corrected chi connectivity index (χ2v) is 10.2. The van der Waals surface area contributed by atoms with Gasteiger partial charge in [-0.2, -0.15) is 0 Å². The van der Waals surface area contributed by atoms with Crippen LogP contribution in [0, 0.1) is 0 Å². The normalized spacial score (nSPS) is 12.0. The highest BCUT2D eigenvalue weighted by molar-refractivity contribution is 7.98. The maximum atomic E-state index is 12.2. The van der Waals surface area contributed by atoms with Crippen LogP contribution in [0.1, 0.15) is 11.5 Å². The fourth-order valence-corrected chi connectivity index (χ4v) is 4.57. The molecule has 11 heteroatoms. The van der Waals surface area contributed by atoms with Crippen LogP contribution in [0.25, 0.3) is 11.4 Å². The molecule has 3 heterocycles. The molecule has 4 aromatic rings. The summed E-state index contributed by atoms with van der Waals surface area (Å²) in [6.07, 6.45) is 1.62. The molecule has 162 valence electrons. The zero-order valence-electron chi connectivity index (χ0n) is 16.7. The first-order chi connectivity index (χ1) is 14.8. The number of thioether (sulfide) groups is 1. The van der Waals surface area contributed by atoms with E-state index in [-0.39, 0.29) is 5.09 Å². The van der Waals surface area contributed by atoms with Crippen molar-refractivity contribution in [2.45, 2.75) is 22.5 Å². The number of sulfonamides is 1. The van der Waals surface area contributed by atoms with Gasteiger partial charge in [0.15, 0.2) is 11.0 Å². The summed E-state index contributed by atoms with van der Waals surface area (Å²) in [5, 5.41) is 9.87. The number of hydrogen-bond donors (Lipinski definition) is 0. The molecule has 0 fully saturated rings. The van der Waals surface area contributed by atoms with E-state index in [1.54, 1.807) is 24.5 Å². The Labute approximate surface area is 188 Å². The van der Waals surface area contributed by atoms with E-state index in [9.17, 15) is 8.42 Å². The van der Waals surface area contributed by atoms with Gasteiger partial charge in [-0.1, -0.05) is 23.4 Å². The van der Waals surface area contributed by atoms with Gasteiger partial charge in [-0.15, -0.1) is 10.2 Å². The van der Waals surface area contributed by atoms with E-state index in [4.69, 9.17) is 20.4 Å². The fraction of sp³-hybridized carbons (Fsp3) is 0.200. The first-order valence-electron chi connectivity index (χ1n) is 9.20. The van der Waals surface area contributed by atoms with Crippen molar-refractivity contribution in [3.8, 4) is 11.4 Å². The lowest BCUT2D eigenvalue weighted by atomic mass is 10.2. The summed E-state index contributed by atoms with van der Waals surface area (Å²) in [5.41, 5.74) is 0.868. The Hall–Kier alpha value is -2.53. The smallest absolute Gasteiger partial charge is 0.275 e. The molecule has 0 unspecified atom stereocenters. The van der Waals surface area contributed by atoms with Crippen LogP contribution < -0.4 is 0 Å². The monoisotopic (exact) mass is 478 g/mol. The van der Waals surface area contributed by atoms with E-state index in [1.165, 1.54) is 31.9 Å². The molecule has 8 nitrogen and oxygen atoms in total. The molecule has 0 bridgehead atoms. The molecule has 4 rings (SSSR count). The highest BCUT2D eigenvalue weighted by atomic mass is 35.5. The topological polar surface area (TPSA) is 94.4 Å². The standard InChI is InChI=1S/C20H19ClN4O4S2/c1-24(2)31(26,27)18-10-9-17(29-18)13-30-20-23-22-19(14-5-7-15(21)8-6-14)25(20)12-16-4-3-11-28-16/h3-11H,12-13H2,1-2H3. The quantitative estimate of drug-likeness (QED) is 0.347. The number of furan rings is 2. The minimum Gasteiger partial charge on any atom is -0.467 e. The highest BCUT2D eigenvalue weighted by Gasteiger charge is 2.22. The van der Waals surface area contributed by atoms with Crippen molar-refractivity contribution < 1.29 is 17.3 Å². The summed E-state index contributed by atoms with van der Waals surface area (Å²) in [4.78, 5) is 0. The molecule has 0 aliphatic heterocycles. The molecule has 1 aromatic carbocycles. The van der Waals surface area contributed by atoms with Crippen molar-refractivity contribution >= 4 is 33.4 Å². The number of nitrogens with zero attached hydrogens (tertiary/aromatic N) is 4. The first kappa shape index (κ1) is 21.7. The number of rotatable bonds is 8. The molecule has 0 radical (unpaired) electrons. The maximum absolute atomic E-state index is 12.2. The average molecular weight is 479 g/mol.